The smallest absolute Gasteiger partial charge is 0.161 e. The first-order valence-electron chi connectivity index (χ1n) is 4.66. The fourth-order valence-corrected chi connectivity index (χ4v) is 3.95. The van der Waals surface area contributed by atoms with Crippen LogP contribution in [0.2, 0.25) is 0 Å². The zero-order chi connectivity index (χ0) is 10.3. The van der Waals surface area contributed by atoms with E-state index in [1.807, 2.05) is 0 Å². The molecule has 0 aromatic carbocycles. The van der Waals surface area contributed by atoms with Gasteiger partial charge in [-0.25, -0.2) is 0 Å². The van der Waals surface area contributed by atoms with E-state index in [-0.39, 0.29) is 5.92 Å². The number of halogens is 1. The molecule has 1 aliphatic rings. The number of aliphatic hydroxyl groups excluding tert-OH is 1. The maximum atomic E-state index is 9.66. The van der Waals surface area contributed by atoms with Crippen LogP contribution in [-0.4, -0.2) is 18.0 Å². The average molecular weight is 277 g/mol. The molecule has 0 aliphatic carbocycles. The second-order valence-corrected chi connectivity index (χ2v) is 5.82. The minimum atomic E-state index is -0.626. The molecule has 1 fully saturated rings. The monoisotopic (exact) mass is 276 g/mol. The van der Waals surface area contributed by atoms with Crippen molar-refractivity contribution in [2.45, 2.75) is 32.5 Å². The second-order valence-electron chi connectivity index (χ2n) is 3.60. The third-order valence-corrected chi connectivity index (χ3v) is 4.98. The van der Waals surface area contributed by atoms with Crippen LogP contribution in [0.25, 0.3) is 0 Å². The molecule has 1 N–H and O–H groups in total. The Labute approximate surface area is 96.0 Å². The second kappa shape index (κ2) is 3.93. The number of hydrogen-bond acceptors (Lipinski definition) is 3. The first-order valence-corrected chi connectivity index (χ1v) is 6.27. The van der Waals surface area contributed by atoms with Gasteiger partial charge in [0.1, 0.15) is 0 Å². The van der Waals surface area contributed by atoms with Crippen molar-refractivity contribution in [1.82, 2.24) is 0 Å². The molecule has 2 unspecified atom stereocenters. The van der Waals surface area contributed by atoms with Crippen molar-refractivity contribution in [3.63, 3.8) is 0 Å². The lowest BCUT2D eigenvalue weighted by Gasteiger charge is -2.13. The quantitative estimate of drug-likeness (QED) is 0.855. The molecule has 0 spiro atoms. The van der Waals surface area contributed by atoms with Gasteiger partial charge in [-0.2, -0.15) is 0 Å². The first-order chi connectivity index (χ1) is 6.61. The van der Waals surface area contributed by atoms with Gasteiger partial charge in [-0.1, -0.05) is 0 Å². The fourth-order valence-electron chi connectivity index (χ4n) is 1.96. The summed E-state index contributed by atoms with van der Waals surface area (Å²) in [6, 6.07) is 0. The van der Waals surface area contributed by atoms with Gasteiger partial charge in [0.25, 0.3) is 0 Å². The summed E-state index contributed by atoms with van der Waals surface area (Å²) in [6.07, 6.45) is 0.288. The Bertz CT molecular complexity index is 348. The number of hydrogen-bond donors (Lipinski definition) is 1. The predicted molar refractivity (Wildman–Crippen MR) is 60.8 cm³/mol. The van der Waals surface area contributed by atoms with E-state index in [9.17, 15) is 5.11 Å². The van der Waals surface area contributed by atoms with Gasteiger partial charge in [0, 0.05) is 20.1 Å². The molecule has 2 rings (SSSR count). The Morgan fingerprint density at radius 3 is 2.57 bits per heavy atom. The summed E-state index contributed by atoms with van der Waals surface area (Å²) in [5, 5.41) is 9.66. The molecule has 14 heavy (non-hydrogen) atoms. The van der Waals surface area contributed by atoms with Crippen LogP contribution in [-0.2, 0) is 4.74 Å². The summed E-state index contributed by atoms with van der Waals surface area (Å²) >= 11 is 5.35. The number of ether oxygens (including phenoxy) is 1. The predicted octanol–water partition coefficient (Wildman–Crippen LogP) is 2.95. The van der Waals surface area contributed by atoms with E-state index < -0.39 is 6.29 Å². The molecule has 78 valence electrons. The largest absolute Gasteiger partial charge is 0.367 e. The zero-order valence-corrected chi connectivity index (χ0v) is 10.6. The molecule has 0 bridgehead atoms. The maximum absolute atomic E-state index is 9.66. The van der Waals surface area contributed by atoms with Crippen molar-refractivity contribution >= 4 is 27.3 Å². The normalized spacial score (nSPS) is 27.1. The van der Waals surface area contributed by atoms with Crippen molar-refractivity contribution in [2.24, 2.45) is 0 Å². The van der Waals surface area contributed by atoms with E-state index in [1.165, 1.54) is 15.3 Å². The Morgan fingerprint density at radius 2 is 2.14 bits per heavy atom. The molecule has 2 nitrogen and oxygen atoms in total. The highest BCUT2D eigenvalue weighted by atomic mass is 79.9. The van der Waals surface area contributed by atoms with Crippen LogP contribution < -0.4 is 0 Å². The minimum Gasteiger partial charge on any atom is -0.367 e. The Morgan fingerprint density at radius 1 is 1.43 bits per heavy atom. The highest BCUT2D eigenvalue weighted by Gasteiger charge is 2.31. The zero-order valence-electron chi connectivity index (χ0n) is 8.21. The van der Waals surface area contributed by atoms with E-state index in [0.717, 1.165) is 10.9 Å². The van der Waals surface area contributed by atoms with Gasteiger partial charge < -0.3 is 9.84 Å². The van der Waals surface area contributed by atoms with Crippen molar-refractivity contribution < 1.29 is 9.84 Å². The Hall–Kier alpha value is 0.100. The van der Waals surface area contributed by atoms with Crippen molar-refractivity contribution in [2.75, 3.05) is 6.61 Å². The van der Waals surface area contributed by atoms with Crippen LogP contribution in [0.15, 0.2) is 4.47 Å². The van der Waals surface area contributed by atoms with Gasteiger partial charge in [-0.15, -0.1) is 11.3 Å². The third-order valence-electron chi connectivity index (χ3n) is 2.66. The summed E-state index contributed by atoms with van der Waals surface area (Å²) in [5.41, 5.74) is 1.23. The maximum Gasteiger partial charge on any atom is 0.161 e. The molecule has 0 amide bonds. The SMILES string of the molecule is Cc1sc(C)c(C2CCOC2O)c1Br. The molecule has 1 aromatic heterocycles. The lowest BCUT2D eigenvalue weighted by atomic mass is 9.98. The summed E-state index contributed by atoms with van der Waals surface area (Å²) in [5.74, 6) is 0.148. The van der Waals surface area contributed by atoms with E-state index >= 15 is 0 Å². The van der Waals surface area contributed by atoms with E-state index in [2.05, 4.69) is 29.8 Å². The van der Waals surface area contributed by atoms with Gasteiger partial charge in [-0.3, -0.25) is 0 Å². The Kier molecular flexibility index (Phi) is 2.98. The standard InChI is InChI=1S/C10H13BrO2S/c1-5-8(9(11)6(2)14-5)7-3-4-13-10(7)12/h7,10,12H,3-4H2,1-2H3. The first kappa shape index (κ1) is 10.6. The van der Waals surface area contributed by atoms with Gasteiger partial charge in [0.05, 0.1) is 6.61 Å². The summed E-state index contributed by atoms with van der Waals surface area (Å²) < 4.78 is 6.33. The van der Waals surface area contributed by atoms with Crippen LogP contribution in [0.1, 0.15) is 27.7 Å². The average Bonchev–Trinajstić information content (AvgIpc) is 2.60. The number of rotatable bonds is 1. The summed E-state index contributed by atoms with van der Waals surface area (Å²) in [7, 11) is 0. The third kappa shape index (κ3) is 1.65. The lowest BCUT2D eigenvalue weighted by Crippen LogP contribution is -2.13. The van der Waals surface area contributed by atoms with Crippen LogP contribution >= 0.6 is 27.3 Å². The molecular weight excluding hydrogens is 264 g/mol. The number of aryl methyl sites for hydroxylation is 2. The highest BCUT2D eigenvalue weighted by Crippen LogP contribution is 2.41. The number of aliphatic hydroxyl groups is 1. The molecule has 2 heterocycles. The summed E-state index contributed by atoms with van der Waals surface area (Å²) in [6.45, 7) is 4.85. The van der Waals surface area contributed by atoms with Crippen molar-refractivity contribution in [1.29, 1.82) is 0 Å². The highest BCUT2D eigenvalue weighted by molar-refractivity contribution is 9.10. The van der Waals surface area contributed by atoms with Crippen LogP contribution in [0.4, 0.5) is 0 Å². The van der Waals surface area contributed by atoms with Crippen LogP contribution in [0.3, 0.4) is 0 Å². The minimum absolute atomic E-state index is 0.148. The summed E-state index contributed by atoms with van der Waals surface area (Å²) in [4.78, 5) is 2.56. The Balaban J connectivity index is 2.39. The van der Waals surface area contributed by atoms with Gasteiger partial charge >= 0.3 is 0 Å². The van der Waals surface area contributed by atoms with E-state index in [4.69, 9.17) is 4.74 Å². The van der Waals surface area contributed by atoms with Gasteiger partial charge in [-0.05, 0) is 41.8 Å². The lowest BCUT2D eigenvalue weighted by molar-refractivity contribution is -0.0679. The van der Waals surface area contributed by atoms with Crippen LogP contribution in [0, 0.1) is 13.8 Å². The number of thiophene rings is 1. The molecular formula is C10H13BrO2S. The van der Waals surface area contributed by atoms with Crippen molar-refractivity contribution in [3.8, 4) is 0 Å². The molecule has 4 heteroatoms. The topological polar surface area (TPSA) is 29.5 Å². The fraction of sp³-hybridized carbons (Fsp3) is 0.600. The molecule has 1 aliphatic heterocycles. The van der Waals surface area contributed by atoms with Gasteiger partial charge in [0.15, 0.2) is 6.29 Å². The molecule has 2 atom stereocenters. The van der Waals surface area contributed by atoms with Gasteiger partial charge in [0.2, 0.25) is 0 Å². The van der Waals surface area contributed by atoms with Crippen LogP contribution in [0.5, 0.6) is 0 Å². The van der Waals surface area contributed by atoms with Crippen molar-refractivity contribution in [3.05, 3.63) is 19.8 Å². The molecule has 0 saturated carbocycles. The molecule has 0 radical (unpaired) electrons. The molecule has 1 saturated heterocycles. The van der Waals surface area contributed by atoms with E-state index in [0.29, 0.717) is 6.61 Å². The molecule has 1 aromatic rings. The van der Waals surface area contributed by atoms with E-state index in [1.54, 1.807) is 11.3 Å².